The van der Waals surface area contributed by atoms with E-state index in [-0.39, 0.29) is 17.9 Å². The molecular formula is C22H22BrN7O2. The molecule has 9 nitrogen and oxygen atoms in total. The summed E-state index contributed by atoms with van der Waals surface area (Å²) < 4.78 is 7.67. The molecule has 1 aromatic carbocycles. The van der Waals surface area contributed by atoms with Crippen molar-refractivity contribution in [3.8, 4) is 11.6 Å². The standard InChI is InChI=1S/C22H22BrN7O2/c1-24-21(31)13-3-5-14(9-13)26-22-25-11-16-19(23)29-30(20(16)28-22)15-6-7-17-12(10-15)4-8-18(27-17)32-2/h4,6-8,10-11,13-14H,3,5,9H2,1-2H3,(H,24,31)(H,25,26,28)/t13-,14-/m1/s1. The number of nitrogens with zero attached hydrogens (tertiary/aromatic N) is 5. The minimum atomic E-state index is 0.0331. The van der Waals surface area contributed by atoms with Gasteiger partial charge in [-0.1, -0.05) is 0 Å². The van der Waals surface area contributed by atoms with Gasteiger partial charge >= 0.3 is 0 Å². The Labute approximate surface area is 192 Å². The predicted octanol–water partition coefficient (Wildman–Crippen LogP) is 3.46. The molecule has 0 spiro atoms. The van der Waals surface area contributed by atoms with Gasteiger partial charge in [-0.3, -0.25) is 4.79 Å². The van der Waals surface area contributed by atoms with Crippen LogP contribution in [0.3, 0.4) is 0 Å². The second kappa shape index (κ2) is 8.34. The van der Waals surface area contributed by atoms with Gasteiger partial charge in [-0.2, -0.15) is 10.1 Å². The number of hydrogen-bond donors (Lipinski definition) is 2. The van der Waals surface area contributed by atoms with E-state index in [9.17, 15) is 4.79 Å². The van der Waals surface area contributed by atoms with Crippen molar-refractivity contribution in [1.29, 1.82) is 0 Å². The monoisotopic (exact) mass is 495 g/mol. The largest absolute Gasteiger partial charge is 0.481 e. The van der Waals surface area contributed by atoms with Gasteiger partial charge in [0.25, 0.3) is 0 Å². The zero-order valence-electron chi connectivity index (χ0n) is 17.7. The van der Waals surface area contributed by atoms with E-state index < -0.39 is 0 Å². The molecule has 2 atom stereocenters. The lowest BCUT2D eigenvalue weighted by Gasteiger charge is -2.13. The lowest BCUT2D eigenvalue weighted by atomic mass is 10.1. The van der Waals surface area contributed by atoms with Gasteiger partial charge in [-0.05, 0) is 59.5 Å². The Balaban J connectivity index is 1.47. The normalized spacial score (nSPS) is 18.2. The summed E-state index contributed by atoms with van der Waals surface area (Å²) in [6.07, 6.45) is 4.30. The van der Waals surface area contributed by atoms with Crippen LogP contribution in [0, 0.1) is 5.92 Å². The van der Waals surface area contributed by atoms with E-state index in [0.29, 0.717) is 22.1 Å². The molecular weight excluding hydrogens is 474 g/mol. The molecule has 3 heterocycles. The van der Waals surface area contributed by atoms with Crippen molar-refractivity contribution in [3.63, 3.8) is 0 Å². The average Bonchev–Trinajstić information content (AvgIpc) is 3.42. The number of halogens is 1. The van der Waals surface area contributed by atoms with Crippen molar-refractivity contribution in [2.24, 2.45) is 5.92 Å². The number of ether oxygens (including phenoxy) is 1. The van der Waals surface area contributed by atoms with Gasteiger partial charge in [0.15, 0.2) is 5.65 Å². The van der Waals surface area contributed by atoms with Crippen LogP contribution in [0.2, 0.25) is 0 Å². The Morgan fingerprint density at radius 3 is 2.91 bits per heavy atom. The number of amides is 1. The van der Waals surface area contributed by atoms with Crippen molar-refractivity contribution >= 4 is 49.7 Å². The number of hydrogen-bond acceptors (Lipinski definition) is 7. The van der Waals surface area contributed by atoms with Crippen LogP contribution in [-0.2, 0) is 4.79 Å². The molecule has 0 saturated heterocycles. The van der Waals surface area contributed by atoms with E-state index in [1.807, 2.05) is 30.3 Å². The summed E-state index contributed by atoms with van der Waals surface area (Å²) in [5.74, 6) is 1.23. The van der Waals surface area contributed by atoms with E-state index in [1.165, 1.54) is 0 Å². The van der Waals surface area contributed by atoms with Gasteiger partial charge in [0.2, 0.25) is 17.7 Å². The van der Waals surface area contributed by atoms with Crippen LogP contribution < -0.4 is 15.4 Å². The number of rotatable bonds is 5. The molecule has 2 N–H and O–H groups in total. The number of carbonyl (C=O) groups excluding carboxylic acids is 1. The highest BCUT2D eigenvalue weighted by atomic mass is 79.9. The Morgan fingerprint density at radius 2 is 2.09 bits per heavy atom. The topological polar surface area (TPSA) is 107 Å². The van der Waals surface area contributed by atoms with E-state index in [4.69, 9.17) is 9.72 Å². The van der Waals surface area contributed by atoms with Gasteiger partial charge in [0.1, 0.15) is 4.60 Å². The van der Waals surface area contributed by atoms with E-state index in [0.717, 1.165) is 41.2 Å². The van der Waals surface area contributed by atoms with E-state index >= 15 is 0 Å². The molecule has 1 fully saturated rings. The fourth-order valence-electron chi connectivity index (χ4n) is 4.20. The predicted molar refractivity (Wildman–Crippen MR) is 125 cm³/mol. The highest BCUT2D eigenvalue weighted by Gasteiger charge is 2.29. The minimum absolute atomic E-state index is 0.0331. The van der Waals surface area contributed by atoms with Crippen molar-refractivity contribution in [2.45, 2.75) is 25.3 Å². The first kappa shape index (κ1) is 20.6. The molecule has 1 aliphatic rings. The van der Waals surface area contributed by atoms with Crippen molar-refractivity contribution in [2.75, 3.05) is 19.5 Å². The zero-order valence-corrected chi connectivity index (χ0v) is 19.3. The lowest BCUT2D eigenvalue weighted by molar-refractivity contribution is -0.124. The highest BCUT2D eigenvalue weighted by molar-refractivity contribution is 9.10. The lowest BCUT2D eigenvalue weighted by Crippen LogP contribution is -2.27. The smallest absolute Gasteiger partial charge is 0.224 e. The number of aromatic nitrogens is 5. The minimum Gasteiger partial charge on any atom is -0.481 e. The SMILES string of the molecule is CNC(=O)[C@@H]1CC[C@@H](Nc2ncc3c(Br)nn(-c4ccc5nc(OC)ccc5c4)c3n2)C1. The molecule has 1 amide bonds. The molecule has 32 heavy (non-hydrogen) atoms. The van der Waals surface area contributed by atoms with Crippen LogP contribution in [-0.4, -0.2) is 50.8 Å². The highest BCUT2D eigenvalue weighted by Crippen LogP contribution is 2.30. The number of anilines is 1. The Hall–Kier alpha value is -3.27. The zero-order chi connectivity index (χ0) is 22.2. The number of fused-ring (bicyclic) bond motifs is 2. The fourth-order valence-corrected chi connectivity index (χ4v) is 4.63. The van der Waals surface area contributed by atoms with Gasteiger partial charge in [0, 0.05) is 36.7 Å². The van der Waals surface area contributed by atoms with Crippen LogP contribution in [0.4, 0.5) is 5.95 Å². The van der Waals surface area contributed by atoms with Crippen LogP contribution in [0.1, 0.15) is 19.3 Å². The van der Waals surface area contributed by atoms with Gasteiger partial charge in [-0.25, -0.2) is 14.6 Å². The Kier molecular flexibility index (Phi) is 5.38. The number of benzene rings is 1. The number of carbonyl (C=O) groups is 1. The summed E-state index contributed by atoms with van der Waals surface area (Å²) in [4.78, 5) is 25.6. The summed E-state index contributed by atoms with van der Waals surface area (Å²) in [5, 5.41) is 12.5. The summed E-state index contributed by atoms with van der Waals surface area (Å²) in [7, 11) is 3.28. The van der Waals surface area contributed by atoms with Gasteiger partial charge < -0.3 is 15.4 Å². The fraction of sp³-hybridized carbons (Fsp3) is 0.318. The molecule has 5 rings (SSSR count). The van der Waals surface area contributed by atoms with E-state index in [1.54, 1.807) is 25.0 Å². The molecule has 10 heteroatoms. The van der Waals surface area contributed by atoms with Crippen LogP contribution in [0.5, 0.6) is 5.88 Å². The first-order valence-electron chi connectivity index (χ1n) is 10.4. The molecule has 0 radical (unpaired) electrons. The first-order chi connectivity index (χ1) is 15.6. The molecule has 3 aromatic heterocycles. The Bertz CT molecular complexity index is 1320. The third-order valence-corrected chi connectivity index (χ3v) is 6.45. The maximum Gasteiger partial charge on any atom is 0.224 e. The molecule has 0 aliphatic heterocycles. The van der Waals surface area contributed by atoms with Crippen LogP contribution in [0.15, 0.2) is 41.1 Å². The third-order valence-electron chi connectivity index (χ3n) is 5.86. The summed E-state index contributed by atoms with van der Waals surface area (Å²) in [6, 6.07) is 9.87. The summed E-state index contributed by atoms with van der Waals surface area (Å²) >= 11 is 3.52. The first-order valence-corrected chi connectivity index (χ1v) is 11.2. The van der Waals surface area contributed by atoms with Gasteiger partial charge in [0.05, 0.1) is 23.7 Å². The number of methoxy groups -OCH3 is 1. The Morgan fingerprint density at radius 1 is 1.22 bits per heavy atom. The van der Waals surface area contributed by atoms with Crippen LogP contribution >= 0.6 is 15.9 Å². The van der Waals surface area contributed by atoms with Crippen LogP contribution in [0.25, 0.3) is 27.6 Å². The van der Waals surface area contributed by atoms with Crippen molar-refractivity contribution in [1.82, 2.24) is 30.0 Å². The molecule has 164 valence electrons. The maximum atomic E-state index is 11.9. The van der Waals surface area contributed by atoms with Gasteiger partial charge in [-0.15, -0.1) is 0 Å². The quantitative estimate of drug-likeness (QED) is 0.436. The third kappa shape index (κ3) is 3.75. The molecule has 0 unspecified atom stereocenters. The van der Waals surface area contributed by atoms with Crippen molar-refractivity contribution < 1.29 is 9.53 Å². The second-order valence-corrected chi connectivity index (χ2v) is 8.58. The van der Waals surface area contributed by atoms with E-state index in [2.05, 4.69) is 41.6 Å². The molecule has 1 saturated carbocycles. The summed E-state index contributed by atoms with van der Waals surface area (Å²) in [5.41, 5.74) is 2.40. The molecule has 0 bridgehead atoms. The molecule has 4 aromatic rings. The van der Waals surface area contributed by atoms with Crippen molar-refractivity contribution in [3.05, 3.63) is 41.1 Å². The maximum absolute atomic E-state index is 11.9. The second-order valence-electron chi connectivity index (χ2n) is 7.83. The number of pyridine rings is 1. The number of nitrogens with one attached hydrogen (secondary N) is 2. The summed E-state index contributed by atoms with van der Waals surface area (Å²) in [6.45, 7) is 0. The molecule has 1 aliphatic carbocycles. The average molecular weight is 496 g/mol.